The van der Waals surface area contributed by atoms with Gasteiger partial charge in [-0.05, 0) is 49.1 Å². The third-order valence-electron chi connectivity index (χ3n) is 5.24. The molecule has 138 valence electrons. The first-order chi connectivity index (χ1) is 12.6. The van der Waals surface area contributed by atoms with E-state index in [1.54, 1.807) is 0 Å². The summed E-state index contributed by atoms with van der Waals surface area (Å²) in [6.07, 6.45) is 5.47. The van der Waals surface area contributed by atoms with Crippen molar-refractivity contribution in [3.8, 4) is 0 Å². The van der Waals surface area contributed by atoms with Crippen molar-refractivity contribution < 1.29 is 5.11 Å². The van der Waals surface area contributed by atoms with Gasteiger partial charge < -0.3 is 9.67 Å². The predicted molar refractivity (Wildman–Crippen MR) is 108 cm³/mol. The van der Waals surface area contributed by atoms with Gasteiger partial charge in [-0.25, -0.2) is 4.98 Å². The van der Waals surface area contributed by atoms with Crippen molar-refractivity contribution in [3.05, 3.63) is 65.0 Å². The number of aryl methyl sites for hydroxylation is 3. The van der Waals surface area contributed by atoms with Crippen LogP contribution in [0.15, 0.2) is 42.5 Å². The van der Waals surface area contributed by atoms with Crippen LogP contribution in [0.1, 0.15) is 67.6 Å². The van der Waals surface area contributed by atoms with Gasteiger partial charge in [0.15, 0.2) is 0 Å². The summed E-state index contributed by atoms with van der Waals surface area (Å²) in [6.45, 7) is 7.40. The lowest BCUT2D eigenvalue weighted by molar-refractivity contribution is 0.205. The maximum atomic E-state index is 11.0. The minimum Gasteiger partial charge on any atom is -0.380 e. The van der Waals surface area contributed by atoms with E-state index in [0.717, 1.165) is 35.4 Å². The molecule has 1 aromatic heterocycles. The SMILES string of the molecule is CCCCCCCn1c(C(O)c2ccccc2)nc2cc(C)c(C)cc21. The highest BCUT2D eigenvalue weighted by Crippen LogP contribution is 2.28. The van der Waals surface area contributed by atoms with E-state index >= 15 is 0 Å². The third-order valence-corrected chi connectivity index (χ3v) is 5.24. The van der Waals surface area contributed by atoms with E-state index in [0.29, 0.717) is 0 Å². The van der Waals surface area contributed by atoms with Crippen molar-refractivity contribution in [1.82, 2.24) is 9.55 Å². The van der Waals surface area contributed by atoms with Crippen molar-refractivity contribution in [2.24, 2.45) is 0 Å². The molecule has 1 unspecified atom stereocenters. The number of aliphatic hydroxyl groups is 1. The molecule has 0 aliphatic carbocycles. The van der Waals surface area contributed by atoms with E-state index in [1.807, 2.05) is 30.3 Å². The van der Waals surface area contributed by atoms with Crippen LogP contribution in [0.4, 0.5) is 0 Å². The molecule has 3 rings (SSSR count). The molecule has 0 saturated carbocycles. The molecule has 0 radical (unpaired) electrons. The van der Waals surface area contributed by atoms with Gasteiger partial charge in [0.1, 0.15) is 11.9 Å². The quantitative estimate of drug-likeness (QED) is 0.529. The standard InChI is InChI=1S/C23H30N2O/c1-4-5-6-7-11-14-25-21-16-18(3)17(2)15-20(21)24-23(25)22(26)19-12-9-8-10-13-19/h8-10,12-13,15-16,22,26H,4-7,11,14H2,1-3H3. The molecule has 3 nitrogen and oxygen atoms in total. The third kappa shape index (κ3) is 3.99. The Balaban J connectivity index is 1.96. The largest absolute Gasteiger partial charge is 0.380 e. The van der Waals surface area contributed by atoms with Crippen LogP contribution in [0.25, 0.3) is 11.0 Å². The topological polar surface area (TPSA) is 38.0 Å². The number of imidazole rings is 1. The summed E-state index contributed by atoms with van der Waals surface area (Å²) >= 11 is 0. The van der Waals surface area contributed by atoms with Gasteiger partial charge in [0.2, 0.25) is 0 Å². The van der Waals surface area contributed by atoms with Crippen LogP contribution in [0, 0.1) is 13.8 Å². The fourth-order valence-corrected chi connectivity index (χ4v) is 3.50. The molecular weight excluding hydrogens is 320 g/mol. The lowest BCUT2D eigenvalue weighted by atomic mass is 10.1. The Hall–Kier alpha value is -2.13. The lowest BCUT2D eigenvalue weighted by Crippen LogP contribution is -2.10. The second kappa shape index (κ2) is 8.50. The Bertz CT molecular complexity index is 852. The molecular formula is C23H30N2O. The van der Waals surface area contributed by atoms with Crippen molar-refractivity contribution in [2.75, 3.05) is 0 Å². The summed E-state index contributed by atoms with van der Waals surface area (Å²) in [5, 5.41) is 11.0. The molecule has 2 aromatic carbocycles. The van der Waals surface area contributed by atoms with Gasteiger partial charge in [-0.3, -0.25) is 0 Å². The number of nitrogens with zero attached hydrogens (tertiary/aromatic N) is 2. The molecule has 1 heterocycles. The average Bonchev–Trinajstić information content (AvgIpc) is 2.99. The van der Waals surface area contributed by atoms with Crippen LogP contribution >= 0.6 is 0 Å². The first-order valence-electron chi connectivity index (χ1n) is 9.82. The minimum absolute atomic E-state index is 0.695. The lowest BCUT2D eigenvalue weighted by Gasteiger charge is -2.14. The molecule has 0 fully saturated rings. The molecule has 0 saturated heterocycles. The highest BCUT2D eigenvalue weighted by molar-refractivity contribution is 5.78. The monoisotopic (exact) mass is 350 g/mol. The highest BCUT2D eigenvalue weighted by atomic mass is 16.3. The molecule has 0 bridgehead atoms. The second-order valence-electron chi connectivity index (χ2n) is 7.27. The van der Waals surface area contributed by atoms with Crippen molar-refractivity contribution in [2.45, 2.75) is 65.5 Å². The smallest absolute Gasteiger partial charge is 0.143 e. The Labute approximate surface area is 156 Å². The molecule has 0 aliphatic heterocycles. The zero-order valence-electron chi connectivity index (χ0n) is 16.2. The fourth-order valence-electron chi connectivity index (χ4n) is 3.50. The maximum Gasteiger partial charge on any atom is 0.143 e. The Morgan fingerprint density at radius 1 is 0.962 bits per heavy atom. The number of hydrogen-bond acceptors (Lipinski definition) is 2. The van der Waals surface area contributed by atoms with Gasteiger partial charge in [-0.1, -0.05) is 62.9 Å². The number of hydrogen-bond donors (Lipinski definition) is 1. The van der Waals surface area contributed by atoms with Crippen LogP contribution in [0.5, 0.6) is 0 Å². The van der Waals surface area contributed by atoms with Crippen molar-refractivity contribution in [1.29, 1.82) is 0 Å². The van der Waals surface area contributed by atoms with E-state index < -0.39 is 6.10 Å². The van der Waals surface area contributed by atoms with Crippen LogP contribution in [-0.4, -0.2) is 14.7 Å². The summed E-state index contributed by atoms with van der Waals surface area (Å²) in [4.78, 5) is 4.82. The molecule has 1 N–H and O–H groups in total. The molecule has 3 aromatic rings. The molecule has 0 aliphatic rings. The Morgan fingerprint density at radius 2 is 1.65 bits per heavy atom. The van der Waals surface area contributed by atoms with Crippen LogP contribution in [0.2, 0.25) is 0 Å². The Morgan fingerprint density at radius 3 is 2.38 bits per heavy atom. The van der Waals surface area contributed by atoms with Crippen molar-refractivity contribution in [3.63, 3.8) is 0 Å². The predicted octanol–water partition coefficient (Wildman–Crippen LogP) is 5.71. The first kappa shape index (κ1) is 18.7. The Kier molecular flexibility index (Phi) is 6.10. The number of aromatic nitrogens is 2. The number of benzene rings is 2. The van der Waals surface area contributed by atoms with Crippen molar-refractivity contribution >= 4 is 11.0 Å². The summed E-state index contributed by atoms with van der Waals surface area (Å²) in [7, 11) is 0. The summed E-state index contributed by atoms with van der Waals surface area (Å²) < 4.78 is 2.23. The van der Waals surface area contributed by atoms with E-state index in [1.165, 1.54) is 36.8 Å². The van der Waals surface area contributed by atoms with Gasteiger partial charge in [-0.15, -0.1) is 0 Å². The number of unbranched alkanes of at least 4 members (excludes halogenated alkanes) is 4. The van der Waals surface area contributed by atoms with Gasteiger partial charge in [0, 0.05) is 6.54 Å². The summed E-state index contributed by atoms with van der Waals surface area (Å²) in [5.41, 5.74) is 5.51. The average molecular weight is 351 g/mol. The van der Waals surface area contributed by atoms with Crippen LogP contribution in [-0.2, 0) is 6.54 Å². The van der Waals surface area contributed by atoms with E-state index in [4.69, 9.17) is 4.98 Å². The number of rotatable bonds is 8. The molecule has 26 heavy (non-hydrogen) atoms. The van der Waals surface area contributed by atoms with E-state index in [2.05, 4.69) is 37.5 Å². The number of aliphatic hydroxyl groups excluding tert-OH is 1. The highest BCUT2D eigenvalue weighted by Gasteiger charge is 2.20. The van der Waals surface area contributed by atoms with Gasteiger partial charge in [-0.2, -0.15) is 0 Å². The van der Waals surface area contributed by atoms with E-state index in [9.17, 15) is 5.11 Å². The van der Waals surface area contributed by atoms with Crippen LogP contribution in [0.3, 0.4) is 0 Å². The van der Waals surface area contributed by atoms with Gasteiger partial charge in [0.05, 0.1) is 11.0 Å². The van der Waals surface area contributed by atoms with Crippen LogP contribution < -0.4 is 0 Å². The number of fused-ring (bicyclic) bond motifs is 1. The summed E-state index contributed by atoms with van der Waals surface area (Å²) in [6, 6.07) is 14.2. The van der Waals surface area contributed by atoms with Gasteiger partial charge >= 0.3 is 0 Å². The zero-order valence-corrected chi connectivity index (χ0v) is 16.2. The fraction of sp³-hybridized carbons (Fsp3) is 0.435. The molecule has 0 spiro atoms. The molecule has 1 atom stereocenters. The molecule has 0 amide bonds. The molecule has 3 heteroatoms. The van der Waals surface area contributed by atoms with E-state index in [-0.39, 0.29) is 0 Å². The second-order valence-corrected chi connectivity index (χ2v) is 7.27. The summed E-state index contributed by atoms with van der Waals surface area (Å²) in [5.74, 6) is 0.756. The van der Waals surface area contributed by atoms with Gasteiger partial charge in [0.25, 0.3) is 0 Å². The zero-order chi connectivity index (χ0) is 18.5. The minimum atomic E-state index is -0.695. The first-order valence-corrected chi connectivity index (χ1v) is 9.82. The normalized spacial score (nSPS) is 12.6. The maximum absolute atomic E-state index is 11.0.